The highest BCUT2D eigenvalue weighted by Gasteiger charge is 2.22. The Hall–Kier alpha value is -2.25. The quantitative estimate of drug-likeness (QED) is 0.741. The smallest absolute Gasteiger partial charge is 0.241 e. The molecule has 0 heterocycles. The van der Waals surface area contributed by atoms with E-state index in [1.54, 1.807) is 0 Å². The number of hydrogen-bond donors (Lipinski definition) is 2. The fourth-order valence-electron chi connectivity index (χ4n) is 2.44. The predicted octanol–water partition coefficient (Wildman–Crippen LogP) is 2.63. The zero-order valence-corrected chi connectivity index (χ0v) is 15.6. The molecule has 2 N–H and O–H groups in total. The molecule has 2 aromatic rings. The Labute approximate surface area is 153 Å². The maximum atomic E-state index is 12.9. The summed E-state index contributed by atoms with van der Waals surface area (Å²) < 4.78 is 39.7. The van der Waals surface area contributed by atoms with E-state index in [1.165, 1.54) is 12.5 Å². The highest BCUT2D eigenvalue weighted by atomic mass is 32.2. The molecule has 2 aromatic carbocycles. The molecule has 0 bridgehead atoms. The number of carbonyl (C=O) groups excluding carboxylic acids is 1. The molecular formula is C19H23FN2O3S. The minimum atomic E-state index is -3.89. The number of benzene rings is 2. The fraction of sp³-hybridized carbons (Fsp3) is 0.316. The summed E-state index contributed by atoms with van der Waals surface area (Å²) in [5, 5.41) is 2.81. The van der Waals surface area contributed by atoms with E-state index < -0.39 is 27.8 Å². The molecule has 26 heavy (non-hydrogen) atoms. The van der Waals surface area contributed by atoms with Crippen LogP contribution in [0.2, 0.25) is 0 Å². The first-order valence-corrected chi connectivity index (χ1v) is 9.88. The van der Waals surface area contributed by atoms with Crippen molar-refractivity contribution in [2.75, 3.05) is 0 Å². The molecule has 0 saturated carbocycles. The summed E-state index contributed by atoms with van der Waals surface area (Å²) in [7, 11) is -3.89. The van der Waals surface area contributed by atoms with Crippen LogP contribution >= 0.6 is 0 Å². The van der Waals surface area contributed by atoms with Crippen molar-refractivity contribution in [3.05, 3.63) is 66.0 Å². The number of nitrogens with one attached hydrogen (secondary N) is 2. The lowest BCUT2D eigenvalue weighted by atomic mass is 10.1. The summed E-state index contributed by atoms with van der Waals surface area (Å²) in [6, 6.07) is 13.3. The maximum Gasteiger partial charge on any atom is 0.241 e. The van der Waals surface area contributed by atoms with Gasteiger partial charge in [-0.05, 0) is 56.5 Å². The molecule has 5 nitrogen and oxygen atoms in total. The number of sulfonamides is 1. The number of rotatable bonds is 8. The summed E-state index contributed by atoms with van der Waals surface area (Å²) in [4.78, 5) is 12.1. The van der Waals surface area contributed by atoms with Crippen LogP contribution in [0, 0.1) is 5.82 Å². The van der Waals surface area contributed by atoms with Crippen LogP contribution in [-0.4, -0.2) is 26.4 Å². The largest absolute Gasteiger partial charge is 0.352 e. The molecule has 0 aromatic heterocycles. The first-order chi connectivity index (χ1) is 12.3. The number of carbonyl (C=O) groups is 1. The van der Waals surface area contributed by atoms with Crippen molar-refractivity contribution in [3.8, 4) is 0 Å². The molecule has 0 unspecified atom stereocenters. The molecule has 2 atom stereocenters. The Morgan fingerprint density at radius 3 is 2.27 bits per heavy atom. The van der Waals surface area contributed by atoms with Crippen molar-refractivity contribution in [2.24, 2.45) is 0 Å². The summed E-state index contributed by atoms with van der Waals surface area (Å²) >= 11 is 0. The second-order valence-electron chi connectivity index (χ2n) is 6.23. The minimum Gasteiger partial charge on any atom is -0.352 e. The van der Waals surface area contributed by atoms with Crippen LogP contribution in [0.1, 0.15) is 25.8 Å². The Balaban J connectivity index is 1.87. The van der Waals surface area contributed by atoms with E-state index in [4.69, 9.17) is 0 Å². The van der Waals surface area contributed by atoms with E-state index in [-0.39, 0.29) is 10.9 Å². The molecule has 0 aliphatic carbocycles. The summed E-state index contributed by atoms with van der Waals surface area (Å²) in [5.74, 6) is -0.932. The lowest BCUT2D eigenvalue weighted by molar-refractivity contribution is -0.123. The van der Waals surface area contributed by atoms with E-state index in [0.29, 0.717) is 0 Å². The first-order valence-electron chi connectivity index (χ1n) is 8.40. The third kappa shape index (κ3) is 5.93. The van der Waals surface area contributed by atoms with Gasteiger partial charge in [-0.3, -0.25) is 4.79 Å². The Morgan fingerprint density at radius 1 is 1.04 bits per heavy atom. The number of amides is 1. The SMILES string of the molecule is C[C@H](NS(=O)(=O)c1ccc(F)cc1)C(=O)N[C@@H](C)CCc1ccccc1. The Morgan fingerprint density at radius 2 is 1.65 bits per heavy atom. The van der Waals surface area contributed by atoms with Gasteiger partial charge in [-0.2, -0.15) is 4.72 Å². The van der Waals surface area contributed by atoms with Crippen LogP contribution in [0.25, 0.3) is 0 Å². The van der Waals surface area contributed by atoms with E-state index in [0.717, 1.165) is 37.1 Å². The van der Waals surface area contributed by atoms with Gasteiger partial charge in [0.05, 0.1) is 10.9 Å². The normalized spacial score (nSPS) is 13.8. The summed E-state index contributed by atoms with van der Waals surface area (Å²) in [6.45, 7) is 3.35. The molecule has 0 radical (unpaired) electrons. The van der Waals surface area contributed by atoms with Gasteiger partial charge in [0.25, 0.3) is 0 Å². The van der Waals surface area contributed by atoms with Gasteiger partial charge in [0, 0.05) is 6.04 Å². The molecule has 0 spiro atoms. The molecular weight excluding hydrogens is 355 g/mol. The lowest BCUT2D eigenvalue weighted by Gasteiger charge is -2.18. The van der Waals surface area contributed by atoms with Gasteiger partial charge in [-0.15, -0.1) is 0 Å². The second kappa shape index (κ2) is 8.91. The van der Waals surface area contributed by atoms with Crippen LogP contribution < -0.4 is 10.0 Å². The maximum absolute atomic E-state index is 12.9. The Bertz CT molecular complexity index is 824. The second-order valence-corrected chi connectivity index (χ2v) is 7.94. The number of hydrogen-bond acceptors (Lipinski definition) is 3. The van der Waals surface area contributed by atoms with Crippen LogP contribution in [0.5, 0.6) is 0 Å². The highest BCUT2D eigenvalue weighted by molar-refractivity contribution is 7.89. The molecule has 2 rings (SSSR count). The molecule has 1 amide bonds. The molecule has 7 heteroatoms. The van der Waals surface area contributed by atoms with Crippen molar-refractivity contribution >= 4 is 15.9 Å². The van der Waals surface area contributed by atoms with Crippen molar-refractivity contribution in [1.82, 2.24) is 10.0 Å². The highest BCUT2D eigenvalue weighted by Crippen LogP contribution is 2.10. The molecule has 0 fully saturated rings. The van der Waals surface area contributed by atoms with Crippen LogP contribution in [0.15, 0.2) is 59.5 Å². The summed E-state index contributed by atoms with van der Waals surface area (Å²) in [5.41, 5.74) is 1.18. The van der Waals surface area contributed by atoms with Crippen LogP contribution in [0.3, 0.4) is 0 Å². The van der Waals surface area contributed by atoms with E-state index >= 15 is 0 Å². The van der Waals surface area contributed by atoms with Gasteiger partial charge < -0.3 is 5.32 Å². The van der Waals surface area contributed by atoms with Crippen molar-refractivity contribution in [1.29, 1.82) is 0 Å². The average molecular weight is 378 g/mol. The van der Waals surface area contributed by atoms with Gasteiger partial charge in [0.1, 0.15) is 5.82 Å². The summed E-state index contributed by atoms with van der Waals surface area (Å²) in [6.07, 6.45) is 1.56. The average Bonchev–Trinajstić information content (AvgIpc) is 2.61. The van der Waals surface area contributed by atoms with Crippen LogP contribution in [0.4, 0.5) is 4.39 Å². The standard InChI is InChI=1S/C19H23FN2O3S/c1-14(8-9-16-6-4-3-5-7-16)21-19(23)15(2)22-26(24,25)18-12-10-17(20)11-13-18/h3-7,10-15,22H,8-9H2,1-2H3,(H,21,23)/t14-,15-/m0/s1. The Kier molecular flexibility index (Phi) is 6.88. The molecule has 0 aliphatic heterocycles. The third-order valence-corrected chi connectivity index (χ3v) is 5.50. The van der Waals surface area contributed by atoms with E-state index in [9.17, 15) is 17.6 Å². The monoisotopic (exact) mass is 378 g/mol. The van der Waals surface area contributed by atoms with Crippen molar-refractivity contribution in [3.63, 3.8) is 0 Å². The van der Waals surface area contributed by atoms with E-state index in [1.807, 2.05) is 37.3 Å². The van der Waals surface area contributed by atoms with Gasteiger partial charge in [0.15, 0.2) is 0 Å². The predicted molar refractivity (Wildman–Crippen MR) is 98.6 cm³/mol. The molecule has 0 aliphatic rings. The number of halogens is 1. The van der Waals surface area contributed by atoms with Gasteiger partial charge in [-0.1, -0.05) is 30.3 Å². The fourth-order valence-corrected chi connectivity index (χ4v) is 3.64. The third-order valence-electron chi connectivity index (χ3n) is 3.95. The zero-order valence-electron chi connectivity index (χ0n) is 14.8. The zero-order chi connectivity index (χ0) is 19.2. The first kappa shape index (κ1) is 20.1. The van der Waals surface area contributed by atoms with Gasteiger partial charge in [-0.25, -0.2) is 12.8 Å². The van der Waals surface area contributed by atoms with E-state index in [2.05, 4.69) is 10.0 Å². The lowest BCUT2D eigenvalue weighted by Crippen LogP contribution is -2.47. The van der Waals surface area contributed by atoms with Crippen molar-refractivity contribution < 1.29 is 17.6 Å². The van der Waals surface area contributed by atoms with Gasteiger partial charge >= 0.3 is 0 Å². The minimum absolute atomic E-state index is 0.0873. The molecule has 0 saturated heterocycles. The molecule has 140 valence electrons. The van der Waals surface area contributed by atoms with Gasteiger partial charge in [0.2, 0.25) is 15.9 Å². The number of aryl methyl sites for hydroxylation is 1. The van der Waals surface area contributed by atoms with Crippen molar-refractivity contribution in [2.45, 2.75) is 43.7 Å². The van der Waals surface area contributed by atoms with Crippen LogP contribution in [-0.2, 0) is 21.2 Å². The topological polar surface area (TPSA) is 75.3 Å².